The van der Waals surface area contributed by atoms with Crippen molar-refractivity contribution in [3.05, 3.63) is 16.1 Å². The molecule has 5 nitrogen and oxygen atoms in total. The van der Waals surface area contributed by atoms with Crippen LogP contribution < -0.4 is 5.32 Å². The third kappa shape index (κ3) is 3.63. The monoisotopic (exact) mass is 304 g/mol. The van der Waals surface area contributed by atoms with Gasteiger partial charge < -0.3 is 10.4 Å². The van der Waals surface area contributed by atoms with E-state index in [9.17, 15) is 9.59 Å². The van der Waals surface area contributed by atoms with E-state index in [0.717, 1.165) is 22.8 Å². The van der Waals surface area contributed by atoms with E-state index >= 15 is 0 Å². The second kappa shape index (κ2) is 6.44. The van der Waals surface area contributed by atoms with Gasteiger partial charge in [0, 0.05) is 34.4 Å². The van der Waals surface area contributed by atoms with Crippen molar-refractivity contribution in [3.8, 4) is 0 Å². The van der Waals surface area contributed by atoms with Gasteiger partial charge >= 0.3 is 5.97 Å². The van der Waals surface area contributed by atoms with E-state index in [0.29, 0.717) is 11.8 Å². The van der Waals surface area contributed by atoms with Gasteiger partial charge in [-0.15, -0.1) is 11.3 Å². The predicted octanol–water partition coefficient (Wildman–Crippen LogP) is 1.42. The lowest BCUT2D eigenvalue weighted by Crippen LogP contribution is -2.33. The van der Waals surface area contributed by atoms with Crippen molar-refractivity contribution in [1.82, 2.24) is 10.3 Å². The van der Waals surface area contributed by atoms with E-state index in [1.54, 1.807) is 0 Å². The van der Waals surface area contributed by atoms with Gasteiger partial charge in [0.05, 0.1) is 0 Å². The van der Waals surface area contributed by atoms with Gasteiger partial charge in [0.2, 0.25) is 0 Å². The summed E-state index contributed by atoms with van der Waals surface area (Å²) in [6.45, 7) is 0.610. The minimum absolute atomic E-state index is 0.0762. The maximum atomic E-state index is 11.8. The first-order chi connectivity index (χ1) is 8.66. The largest absolute Gasteiger partial charge is 0.476 e. The van der Waals surface area contributed by atoms with Gasteiger partial charge in [-0.05, 0) is 0 Å². The van der Waals surface area contributed by atoms with Crippen LogP contribution in [0.25, 0.3) is 0 Å². The number of carboxylic acid groups (broad SMARTS) is 1. The summed E-state index contributed by atoms with van der Waals surface area (Å²) >= 11 is 4.82. The molecule has 0 saturated carbocycles. The van der Waals surface area contributed by atoms with Crippen LogP contribution in [0.1, 0.15) is 20.3 Å². The number of aromatic nitrogens is 1. The third-order valence-corrected chi connectivity index (χ3v) is 5.98. The Labute approximate surface area is 117 Å². The highest BCUT2D eigenvalue weighted by Gasteiger charge is 2.18. The van der Waals surface area contributed by atoms with Crippen LogP contribution in [0.15, 0.2) is 5.38 Å². The van der Waals surface area contributed by atoms with Crippen molar-refractivity contribution in [3.63, 3.8) is 0 Å². The molecule has 0 spiro atoms. The molecule has 1 aromatic heterocycles. The van der Waals surface area contributed by atoms with Gasteiger partial charge in [-0.3, -0.25) is 4.79 Å². The fourth-order valence-corrected chi connectivity index (χ4v) is 4.73. The molecule has 2 N–H and O–H groups in total. The quantitative estimate of drug-likeness (QED) is 0.876. The molecule has 1 fully saturated rings. The Morgan fingerprint density at radius 3 is 2.94 bits per heavy atom. The van der Waals surface area contributed by atoms with Gasteiger partial charge in [-0.1, -0.05) is 0 Å². The molecule has 0 bridgehead atoms. The lowest BCUT2D eigenvalue weighted by molar-refractivity contribution is 0.0691. The van der Waals surface area contributed by atoms with E-state index < -0.39 is 5.97 Å². The zero-order valence-electron chi connectivity index (χ0n) is 9.42. The number of thioether (sulfide) groups is 2. The van der Waals surface area contributed by atoms with Crippen molar-refractivity contribution in [1.29, 1.82) is 0 Å². The van der Waals surface area contributed by atoms with Crippen molar-refractivity contribution in [2.45, 2.75) is 5.25 Å². The molecule has 1 saturated heterocycles. The molecule has 0 radical (unpaired) electrons. The molecule has 8 heteroatoms. The smallest absolute Gasteiger partial charge is 0.355 e. The summed E-state index contributed by atoms with van der Waals surface area (Å²) in [4.78, 5) is 26.2. The molecule has 1 aliphatic heterocycles. The number of carbonyl (C=O) groups excluding carboxylic acids is 1. The number of amides is 1. The van der Waals surface area contributed by atoms with Gasteiger partial charge in [0.1, 0.15) is 0 Å². The van der Waals surface area contributed by atoms with Crippen LogP contribution in [0.3, 0.4) is 0 Å². The summed E-state index contributed by atoms with van der Waals surface area (Å²) in [5.41, 5.74) is -0.0762. The second-order valence-corrected chi connectivity index (χ2v) is 7.04. The Hall–Kier alpha value is -0.730. The highest BCUT2D eigenvalue weighted by molar-refractivity contribution is 8.06. The number of nitrogens with zero attached hydrogens (tertiary/aromatic N) is 1. The number of aromatic carboxylic acids is 1. The van der Waals surface area contributed by atoms with Crippen LogP contribution in [0, 0.1) is 0 Å². The summed E-state index contributed by atoms with van der Waals surface area (Å²) in [7, 11) is 0. The molecule has 1 unspecified atom stereocenters. The number of rotatable bonds is 4. The zero-order valence-corrected chi connectivity index (χ0v) is 11.9. The molecule has 98 valence electrons. The predicted molar refractivity (Wildman–Crippen MR) is 75.0 cm³/mol. The SMILES string of the molecule is O=C(O)c1csc(C(=O)NCC2CSCCS2)n1. The van der Waals surface area contributed by atoms with E-state index in [1.165, 1.54) is 11.1 Å². The normalized spacial score (nSPS) is 19.4. The molecule has 1 amide bonds. The third-order valence-electron chi connectivity index (χ3n) is 2.29. The minimum atomic E-state index is -1.11. The van der Waals surface area contributed by atoms with Crippen molar-refractivity contribution < 1.29 is 14.7 Å². The molecule has 1 atom stereocenters. The highest BCUT2D eigenvalue weighted by atomic mass is 32.2. The fourth-order valence-electron chi connectivity index (χ4n) is 1.41. The molecular weight excluding hydrogens is 292 g/mol. The molecule has 2 rings (SSSR count). The van der Waals surface area contributed by atoms with E-state index in [2.05, 4.69) is 10.3 Å². The fraction of sp³-hybridized carbons (Fsp3) is 0.500. The van der Waals surface area contributed by atoms with Crippen LogP contribution in [0.2, 0.25) is 0 Å². The summed E-state index contributed by atoms with van der Waals surface area (Å²) < 4.78 is 0. The number of hydrogen-bond acceptors (Lipinski definition) is 6. The maximum absolute atomic E-state index is 11.8. The number of hydrogen-bond donors (Lipinski definition) is 2. The molecule has 2 heterocycles. The summed E-state index contributed by atoms with van der Waals surface area (Å²) in [6, 6.07) is 0. The van der Waals surface area contributed by atoms with Crippen molar-refractivity contribution >= 4 is 46.7 Å². The first kappa shape index (κ1) is 13.7. The molecule has 1 aromatic rings. The van der Waals surface area contributed by atoms with Crippen molar-refractivity contribution in [2.24, 2.45) is 0 Å². The molecule has 0 aromatic carbocycles. The highest BCUT2D eigenvalue weighted by Crippen LogP contribution is 2.23. The van der Waals surface area contributed by atoms with E-state index in [1.807, 2.05) is 23.5 Å². The standard InChI is InChI=1S/C10H12N2O3S3/c13-8(9-12-7(5-18-9)10(14)15)11-3-6-4-16-1-2-17-6/h5-6H,1-4H2,(H,11,13)(H,14,15). The average molecular weight is 304 g/mol. The van der Waals surface area contributed by atoms with E-state index in [4.69, 9.17) is 5.11 Å². The first-order valence-electron chi connectivity index (χ1n) is 5.33. The second-order valence-electron chi connectivity index (χ2n) is 3.62. The number of nitrogens with one attached hydrogen (secondary N) is 1. The summed E-state index contributed by atoms with van der Waals surface area (Å²) in [5, 5.41) is 13.5. The molecular formula is C10H12N2O3S3. The summed E-state index contributed by atoms with van der Waals surface area (Å²) in [5.74, 6) is 1.94. The lowest BCUT2D eigenvalue weighted by atomic mass is 10.4. The van der Waals surface area contributed by atoms with Gasteiger partial charge in [-0.25, -0.2) is 9.78 Å². The Balaban J connectivity index is 1.84. The van der Waals surface area contributed by atoms with Crippen LogP contribution in [0.5, 0.6) is 0 Å². The van der Waals surface area contributed by atoms with Crippen LogP contribution in [-0.2, 0) is 0 Å². The number of carboxylic acids is 1. The molecule has 1 aliphatic rings. The maximum Gasteiger partial charge on any atom is 0.355 e. The topological polar surface area (TPSA) is 79.3 Å². The van der Waals surface area contributed by atoms with Crippen LogP contribution in [0.4, 0.5) is 0 Å². The minimum Gasteiger partial charge on any atom is -0.476 e. The molecule has 18 heavy (non-hydrogen) atoms. The number of thiazole rings is 1. The Morgan fingerprint density at radius 2 is 2.33 bits per heavy atom. The lowest BCUT2D eigenvalue weighted by Gasteiger charge is -2.20. The van der Waals surface area contributed by atoms with E-state index in [-0.39, 0.29) is 16.6 Å². The van der Waals surface area contributed by atoms with Gasteiger partial charge in [-0.2, -0.15) is 23.5 Å². The Morgan fingerprint density at radius 1 is 1.50 bits per heavy atom. The first-order valence-corrected chi connectivity index (χ1v) is 8.41. The summed E-state index contributed by atoms with van der Waals surface area (Å²) in [6.07, 6.45) is 0. The van der Waals surface area contributed by atoms with Gasteiger partial charge in [0.15, 0.2) is 10.7 Å². The van der Waals surface area contributed by atoms with Crippen LogP contribution >= 0.6 is 34.9 Å². The molecule has 0 aliphatic carbocycles. The Bertz CT molecular complexity index is 443. The van der Waals surface area contributed by atoms with Crippen LogP contribution in [-0.4, -0.2) is 51.0 Å². The van der Waals surface area contributed by atoms with Gasteiger partial charge in [0.25, 0.3) is 5.91 Å². The van der Waals surface area contributed by atoms with Crippen molar-refractivity contribution in [2.75, 3.05) is 23.8 Å². The Kier molecular flexibility index (Phi) is 4.90. The number of carbonyl (C=O) groups is 2. The zero-order chi connectivity index (χ0) is 13.0. The average Bonchev–Trinajstić information content (AvgIpc) is 2.87.